The number of nitrogens with one attached hydrogen (secondary N) is 1. The number of hydrogen-bond donors (Lipinski definition) is 2. The summed E-state index contributed by atoms with van der Waals surface area (Å²) in [6, 6.07) is -0.128. The van der Waals surface area contributed by atoms with E-state index in [9.17, 15) is 14.7 Å². The number of nitrogens with zero attached hydrogens (tertiary/aromatic N) is 2. The van der Waals surface area contributed by atoms with Crippen molar-refractivity contribution in [2.75, 3.05) is 19.6 Å². The maximum atomic E-state index is 12.4. The predicted octanol–water partition coefficient (Wildman–Crippen LogP) is 2.46. The van der Waals surface area contributed by atoms with Gasteiger partial charge in [0, 0.05) is 30.9 Å². The lowest BCUT2D eigenvalue weighted by Crippen LogP contribution is -2.42. The van der Waals surface area contributed by atoms with Crippen LogP contribution in [0, 0.1) is 11.3 Å². The molecular formula is C18H25N3O3S. The number of carboxylic acids is 1. The Labute approximate surface area is 151 Å². The Morgan fingerprint density at radius 1 is 1.32 bits per heavy atom. The molecule has 2 heterocycles. The average Bonchev–Trinajstić information content (AvgIpc) is 3.26. The van der Waals surface area contributed by atoms with Gasteiger partial charge in [-0.2, -0.15) is 0 Å². The van der Waals surface area contributed by atoms with Crippen molar-refractivity contribution in [1.82, 2.24) is 15.2 Å². The Balaban J connectivity index is 1.30. The highest BCUT2D eigenvalue weighted by Gasteiger charge is 2.55. The van der Waals surface area contributed by atoms with Crippen LogP contribution in [-0.2, 0) is 24.1 Å². The van der Waals surface area contributed by atoms with Crippen LogP contribution in [0.3, 0.4) is 0 Å². The fourth-order valence-corrected chi connectivity index (χ4v) is 5.85. The summed E-state index contributed by atoms with van der Waals surface area (Å²) in [7, 11) is 0. The summed E-state index contributed by atoms with van der Waals surface area (Å²) in [6.07, 6.45) is 8.05. The monoisotopic (exact) mass is 363 g/mol. The number of carboxylic acid groups (broad SMARTS) is 1. The molecule has 1 aliphatic heterocycles. The van der Waals surface area contributed by atoms with Crippen LogP contribution in [0.15, 0.2) is 0 Å². The number of likely N-dealkylation sites (tertiary alicyclic amines) is 1. The number of rotatable bonds is 4. The summed E-state index contributed by atoms with van der Waals surface area (Å²) < 4.78 is 0. The summed E-state index contributed by atoms with van der Waals surface area (Å²) in [4.78, 5) is 32.0. The molecule has 0 aromatic carbocycles. The maximum absolute atomic E-state index is 12.4. The fraction of sp³-hybridized carbons (Fsp3) is 0.722. The average molecular weight is 363 g/mol. The zero-order valence-electron chi connectivity index (χ0n) is 14.4. The first-order valence-corrected chi connectivity index (χ1v) is 10.1. The summed E-state index contributed by atoms with van der Waals surface area (Å²) in [5.74, 6) is -0.625. The molecule has 1 aromatic rings. The van der Waals surface area contributed by atoms with Crippen molar-refractivity contribution in [2.45, 2.75) is 51.4 Å². The molecule has 0 radical (unpaired) electrons. The minimum atomic E-state index is -0.737. The van der Waals surface area contributed by atoms with E-state index in [-0.39, 0.29) is 11.9 Å². The van der Waals surface area contributed by atoms with Crippen molar-refractivity contribution in [3.63, 3.8) is 0 Å². The van der Waals surface area contributed by atoms with Gasteiger partial charge in [0.05, 0.1) is 16.1 Å². The number of carbonyl (C=O) groups excluding carboxylic acids is 1. The number of urea groups is 1. The van der Waals surface area contributed by atoms with Gasteiger partial charge in [0.2, 0.25) is 0 Å². The highest BCUT2D eigenvalue weighted by atomic mass is 32.1. The summed E-state index contributed by atoms with van der Waals surface area (Å²) in [6.45, 7) is 1.49. The molecule has 136 valence electrons. The molecule has 6 nitrogen and oxygen atoms in total. The molecule has 0 unspecified atom stereocenters. The van der Waals surface area contributed by atoms with Crippen LogP contribution in [0.2, 0.25) is 0 Å². The number of aryl methyl sites for hydroxylation is 2. The molecule has 2 amide bonds. The predicted molar refractivity (Wildman–Crippen MR) is 94.8 cm³/mol. The first kappa shape index (κ1) is 16.8. The van der Waals surface area contributed by atoms with Crippen LogP contribution in [0.1, 0.15) is 47.7 Å². The van der Waals surface area contributed by atoms with Crippen LogP contribution < -0.4 is 5.32 Å². The third-order valence-corrected chi connectivity index (χ3v) is 7.31. The van der Waals surface area contributed by atoms with Crippen LogP contribution in [0.4, 0.5) is 4.79 Å². The van der Waals surface area contributed by atoms with Crippen molar-refractivity contribution in [1.29, 1.82) is 0 Å². The van der Waals surface area contributed by atoms with Crippen molar-refractivity contribution in [3.8, 4) is 0 Å². The summed E-state index contributed by atoms with van der Waals surface area (Å²) in [5, 5.41) is 13.7. The molecule has 0 spiro atoms. The van der Waals surface area contributed by atoms with Crippen molar-refractivity contribution < 1.29 is 14.7 Å². The van der Waals surface area contributed by atoms with E-state index in [1.54, 1.807) is 16.2 Å². The second-order valence-corrected chi connectivity index (χ2v) is 8.77. The Kier molecular flexibility index (Phi) is 4.43. The maximum Gasteiger partial charge on any atom is 0.317 e. The van der Waals surface area contributed by atoms with Gasteiger partial charge in [-0.3, -0.25) is 4.79 Å². The van der Waals surface area contributed by atoms with Gasteiger partial charge in [0.25, 0.3) is 0 Å². The van der Waals surface area contributed by atoms with Gasteiger partial charge < -0.3 is 15.3 Å². The van der Waals surface area contributed by atoms with Gasteiger partial charge in [-0.05, 0) is 44.4 Å². The summed E-state index contributed by atoms with van der Waals surface area (Å²) >= 11 is 1.78. The standard InChI is InChI=1S/C18H25N3O3S/c22-16(23)18-8-3-4-12(18)10-21(11-18)17(24)19-9-7-15-20-13-5-1-2-6-14(13)25-15/h12H,1-11H2,(H,19,24)(H,22,23)/t12-,18+/m0/s1. The van der Waals surface area contributed by atoms with Gasteiger partial charge in [-0.25, -0.2) is 9.78 Å². The van der Waals surface area contributed by atoms with E-state index < -0.39 is 11.4 Å². The molecule has 7 heteroatoms. The molecule has 2 N–H and O–H groups in total. The number of carbonyl (C=O) groups is 2. The van der Waals surface area contributed by atoms with Crippen molar-refractivity contribution >= 4 is 23.3 Å². The molecule has 25 heavy (non-hydrogen) atoms. The zero-order valence-corrected chi connectivity index (χ0v) is 15.2. The molecule has 2 fully saturated rings. The lowest BCUT2D eigenvalue weighted by molar-refractivity contribution is -0.149. The SMILES string of the molecule is O=C(NCCc1nc2c(s1)CCCC2)N1C[C@@H]2CCC[C@@]2(C(=O)O)C1. The molecular weight excluding hydrogens is 338 g/mol. The van der Waals surface area contributed by atoms with Crippen molar-refractivity contribution in [2.24, 2.45) is 11.3 Å². The van der Waals surface area contributed by atoms with Gasteiger partial charge in [0.15, 0.2) is 0 Å². The number of hydrogen-bond acceptors (Lipinski definition) is 4. The van der Waals surface area contributed by atoms with E-state index in [1.165, 1.54) is 23.4 Å². The number of thiazole rings is 1. The van der Waals surface area contributed by atoms with Crippen LogP contribution >= 0.6 is 11.3 Å². The van der Waals surface area contributed by atoms with Gasteiger partial charge in [-0.15, -0.1) is 11.3 Å². The van der Waals surface area contributed by atoms with E-state index in [0.717, 1.165) is 37.1 Å². The minimum absolute atomic E-state index is 0.112. The topological polar surface area (TPSA) is 82.5 Å². The molecule has 4 rings (SSSR count). The Morgan fingerprint density at radius 2 is 2.16 bits per heavy atom. The number of amides is 2. The van der Waals surface area contributed by atoms with Gasteiger partial charge in [-0.1, -0.05) is 6.42 Å². The Bertz CT molecular complexity index is 666. The first-order valence-electron chi connectivity index (χ1n) is 9.32. The Hall–Kier alpha value is -1.63. The second-order valence-electron chi connectivity index (χ2n) is 7.60. The molecule has 1 aromatic heterocycles. The third kappa shape index (κ3) is 3.03. The van der Waals surface area contributed by atoms with Crippen LogP contribution in [0.25, 0.3) is 0 Å². The lowest BCUT2D eigenvalue weighted by atomic mass is 9.81. The minimum Gasteiger partial charge on any atom is -0.481 e. The van der Waals surface area contributed by atoms with E-state index in [0.29, 0.717) is 26.1 Å². The number of aliphatic carboxylic acids is 1. The van der Waals surface area contributed by atoms with E-state index >= 15 is 0 Å². The molecule has 1 saturated heterocycles. The zero-order chi connectivity index (χ0) is 17.4. The molecule has 2 aliphatic carbocycles. The first-order chi connectivity index (χ1) is 12.1. The van der Waals surface area contributed by atoms with Gasteiger partial charge >= 0.3 is 12.0 Å². The molecule has 1 saturated carbocycles. The van der Waals surface area contributed by atoms with Crippen LogP contribution in [0.5, 0.6) is 0 Å². The number of fused-ring (bicyclic) bond motifs is 2. The fourth-order valence-electron chi connectivity index (χ4n) is 4.69. The number of aromatic nitrogens is 1. The third-order valence-electron chi connectivity index (χ3n) is 6.09. The Morgan fingerprint density at radius 3 is 2.92 bits per heavy atom. The molecule has 3 aliphatic rings. The molecule has 0 bridgehead atoms. The summed E-state index contributed by atoms with van der Waals surface area (Å²) in [5.41, 5.74) is 0.555. The normalized spacial score (nSPS) is 27.8. The lowest BCUT2D eigenvalue weighted by Gasteiger charge is -2.23. The largest absolute Gasteiger partial charge is 0.481 e. The highest BCUT2D eigenvalue weighted by Crippen LogP contribution is 2.48. The van der Waals surface area contributed by atoms with Crippen LogP contribution in [-0.4, -0.2) is 46.6 Å². The van der Waals surface area contributed by atoms with E-state index in [4.69, 9.17) is 4.98 Å². The highest BCUT2D eigenvalue weighted by molar-refractivity contribution is 7.11. The quantitative estimate of drug-likeness (QED) is 0.861. The van der Waals surface area contributed by atoms with E-state index in [1.807, 2.05) is 0 Å². The molecule has 2 atom stereocenters. The second kappa shape index (κ2) is 6.59. The van der Waals surface area contributed by atoms with E-state index in [2.05, 4.69) is 5.32 Å². The van der Waals surface area contributed by atoms with Crippen molar-refractivity contribution in [3.05, 3.63) is 15.6 Å². The smallest absolute Gasteiger partial charge is 0.317 e. The van der Waals surface area contributed by atoms with Gasteiger partial charge in [0.1, 0.15) is 0 Å².